The summed E-state index contributed by atoms with van der Waals surface area (Å²) in [5.74, 6) is 0.563. The van der Waals surface area contributed by atoms with E-state index in [-0.39, 0.29) is 11.1 Å². The third-order valence-electron chi connectivity index (χ3n) is 4.68. The Morgan fingerprint density at radius 2 is 2.18 bits per heavy atom. The number of hydrogen-bond donors (Lipinski definition) is 3. The minimum atomic E-state index is -0.788. The minimum Gasteiger partial charge on any atom is -0.373 e. The van der Waals surface area contributed by atoms with Crippen molar-refractivity contribution < 1.29 is 4.79 Å². The summed E-state index contributed by atoms with van der Waals surface area (Å²) in [5.41, 5.74) is -0.0679. The quantitative estimate of drug-likeness (QED) is 0.604. The molecule has 10 heteroatoms. The molecule has 1 amide bonds. The normalized spacial score (nSPS) is 14.3. The van der Waals surface area contributed by atoms with Crippen molar-refractivity contribution in [3.05, 3.63) is 46.5 Å². The summed E-state index contributed by atoms with van der Waals surface area (Å²) in [7, 11) is 3.38. The Bertz CT molecular complexity index is 1180. The highest BCUT2D eigenvalue weighted by atomic mass is 16.2. The largest absolute Gasteiger partial charge is 0.373 e. The lowest BCUT2D eigenvalue weighted by Crippen LogP contribution is -2.35. The van der Waals surface area contributed by atoms with Crippen LogP contribution in [0.4, 0.5) is 17.3 Å². The molecule has 0 aromatic carbocycles. The van der Waals surface area contributed by atoms with Crippen LogP contribution in [0.1, 0.15) is 23.2 Å². The zero-order valence-corrected chi connectivity index (χ0v) is 15.4. The van der Waals surface area contributed by atoms with Gasteiger partial charge in [0.2, 0.25) is 0 Å². The van der Waals surface area contributed by atoms with Gasteiger partial charge >= 0.3 is 0 Å². The van der Waals surface area contributed by atoms with Crippen LogP contribution in [0, 0.1) is 11.3 Å². The van der Waals surface area contributed by atoms with E-state index in [0.29, 0.717) is 35.8 Å². The summed E-state index contributed by atoms with van der Waals surface area (Å²) in [6.45, 7) is 0. The number of amides is 1. The van der Waals surface area contributed by atoms with Crippen LogP contribution in [0.2, 0.25) is 0 Å². The number of anilines is 3. The van der Waals surface area contributed by atoms with Crippen molar-refractivity contribution >= 4 is 28.9 Å². The van der Waals surface area contributed by atoms with Crippen LogP contribution in [0.15, 0.2) is 35.4 Å². The Morgan fingerprint density at radius 3 is 2.86 bits per heavy atom. The SMILES string of the molecule is CNc1cc(Nc2cccn(C)c2=O)nc2c(C(=O)NC3(C#N)CC3)cnn12. The van der Waals surface area contributed by atoms with E-state index in [2.05, 4.69) is 32.1 Å². The van der Waals surface area contributed by atoms with Gasteiger partial charge in [0, 0.05) is 26.4 Å². The first-order chi connectivity index (χ1) is 13.5. The maximum absolute atomic E-state index is 12.7. The van der Waals surface area contributed by atoms with E-state index in [1.165, 1.54) is 15.3 Å². The second-order valence-corrected chi connectivity index (χ2v) is 6.68. The number of nitrogens with one attached hydrogen (secondary N) is 3. The standard InChI is InChI=1S/C18H18N8O2/c1-20-14-8-13(22-12-4-3-7-25(2)17(12)28)23-15-11(9-21-26(14)15)16(27)24-18(10-19)5-6-18/h3-4,7-9,20H,5-6H2,1-2H3,(H,22,23)(H,24,27). The molecule has 0 unspecified atom stereocenters. The van der Waals surface area contributed by atoms with E-state index in [1.807, 2.05) is 0 Å². The molecule has 1 saturated carbocycles. The number of aryl methyl sites for hydroxylation is 1. The average Bonchev–Trinajstić information content (AvgIpc) is 3.33. The summed E-state index contributed by atoms with van der Waals surface area (Å²) >= 11 is 0. The number of nitrogens with zero attached hydrogens (tertiary/aromatic N) is 5. The lowest BCUT2D eigenvalue weighted by molar-refractivity contribution is 0.0943. The number of aromatic nitrogens is 4. The molecule has 0 radical (unpaired) electrons. The van der Waals surface area contributed by atoms with Crippen molar-refractivity contribution in [2.45, 2.75) is 18.4 Å². The van der Waals surface area contributed by atoms with Crippen LogP contribution in [-0.2, 0) is 7.05 Å². The van der Waals surface area contributed by atoms with E-state index >= 15 is 0 Å². The van der Waals surface area contributed by atoms with Gasteiger partial charge in [-0.15, -0.1) is 0 Å². The molecule has 3 aromatic rings. The number of nitriles is 1. The molecule has 0 atom stereocenters. The summed E-state index contributed by atoms with van der Waals surface area (Å²) in [4.78, 5) is 29.4. The summed E-state index contributed by atoms with van der Waals surface area (Å²) in [6.07, 6.45) is 4.34. The molecular formula is C18H18N8O2. The highest BCUT2D eigenvalue weighted by molar-refractivity contribution is 6.01. The van der Waals surface area contributed by atoms with E-state index in [4.69, 9.17) is 0 Å². The second-order valence-electron chi connectivity index (χ2n) is 6.68. The summed E-state index contributed by atoms with van der Waals surface area (Å²) < 4.78 is 2.95. The first-order valence-electron chi connectivity index (χ1n) is 8.69. The Balaban J connectivity index is 1.75. The molecule has 3 N–H and O–H groups in total. The van der Waals surface area contributed by atoms with Gasteiger partial charge < -0.3 is 20.5 Å². The average molecular weight is 378 g/mol. The molecule has 1 aliphatic rings. The van der Waals surface area contributed by atoms with Gasteiger partial charge in [-0.1, -0.05) is 0 Å². The van der Waals surface area contributed by atoms with Crippen molar-refractivity contribution in [3.63, 3.8) is 0 Å². The van der Waals surface area contributed by atoms with Crippen LogP contribution in [-0.4, -0.2) is 37.7 Å². The van der Waals surface area contributed by atoms with Gasteiger partial charge in [0.05, 0.1) is 12.3 Å². The van der Waals surface area contributed by atoms with Gasteiger partial charge in [0.25, 0.3) is 11.5 Å². The van der Waals surface area contributed by atoms with Crippen LogP contribution in [0.25, 0.3) is 5.65 Å². The van der Waals surface area contributed by atoms with Gasteiger partial charge in [-0.2, -0.15) is 14.9 Å². The Labute approximate surface area is 159 Å². The van der Waals surface area contributed by atoms with E-state index in [9.17, 15) is 14.9 Å². The lowest BCUT2D eigenvalue weighted by Gasteiger charge is -2.11. The van der Waals surface area contributed by atoms with Crippen molar-refractivity contribution in [2.24, 2.45) is 7.05 Å². The number of fused-ring (bicyclic) bond motifs is 1. The molecule has 10 nitrogen and oxygen atoms in total. The van der Waals surface area contributed by atoms with Crippen molar-refractivity contribution in [2.75, 3.05) is 17.7 Å². The molecule has 28 heavy (non-hydrogen) atoms. The molecule has 0 bridgehead atoms. The summed E-state index contributed by atoms with van der Waals surface area (Å²) in [6, 6.07) is 7.22. The third kappa shape index (κ3) is 2.92. The van der Waals surface area contributed by atoms with Gasteiger partial charge in [-0.25, -0.2) is 4.98 Å². The Hall–Kier alpha value is -3.87. The summed E-state index contributed by atoms with van der Waals surface area (Å²) in [5, 5.41) is 22.2. The zero-order chi connectivity index (χ0) is 19.9. The number of pyridine rings is 1. The fraction of sp³-hybridized carbons (Fsp3) is 0.278. The van der Waals surface area contributed by atoms with E-state index < -0.39 is 11.4 Å². The second kappa shape index (κ2) is 6.38. The Kier molecular flexibility index (Phi) is 4.00. The molecule has 3 aromatic heterocycles. The minimum absolute atomic E-state index is 0.202. The molecule has 0 spiro atoms. The van der Waals surface area contributed by atoms with Crippen molar-refractivity contribution in [3.8, 4) is 6.07 Å². The predicted octanol–water partition coefficient (Wildman–Crippen LogP) is 0.999. The van der Waals surface area contributed by atoms with Crippen LogP contribution < -0.4 is 21.5 Å². The fourth-order valence-electron chi connectivity index (χ4n) is 2.87. The zero-order valence-electron chi connectivity index (χ0n) is 15.4. The predicted molar refractivity (Wildman–Crippen MR) is 103 cm³/mol. The third-order valence-corrected chi connectivity index (χ3v) is 4.68. The molecule has 1 aliphatic carbocycles. The molecule has 142 valence electrons. The van der Waals surface area contributed by atoms with Crippen LogP contribution >= 0.6 is 0 Å². The number of rotatable bonds is 5. The Morgan fingerprint density at radius 1 is 1.39 bits per heavy atom. The van der Waals surface area contributed by atoms with Crippen LogP contribution in [0.3, 0.4) is 0 Å². The highest BCUT2D eigenvalue weighted by Crippen LogP contribution is 2.34. The molecule has 0 saturated heterocycles. The maximum atomic E-state index is 12.7. The van der Waals surface area contributed by atoms with Crippen LogP contribution in [0.5, 0.6) is 0 Å². The monoisotopic (exact) mass is 378 g/mol. The number of hydrogen-bond acceptors (Lipinski definition) is 7. The number of carbonyl (C=O) groups excluding carboxylic acids is 1. The molecular weight excluding hydrogens is 360 g/mol. The van der Waals surface area contributed by atoms with Gasteiger partial charge in [-0.3, -0.25) is 9.59 Å². The fourth-order valence-corrected chi connectivity index (χ4v) is 2.87. The van der Waals surface area contributed by atoms with Crippen molar-refractivity contribution in [1.82, 2.24) is 24.5 Å². The number of carbonyl (C=O) groups is 1. The smallest absolute Gasteiger partial charge is 0.274 e. The van der Waals surface area contributed by atoms with E-state index in [0.717, 1.165) is 0 Å². The first kappa shape index (κ1) is 17.5. The molecule has 1 fully saturated rings. The highest BCUT2D eigenvalue weighted by Gasteiger charge is 2.45. The molecule has 3 heterocycles. The van der Waals surface area contributed by atoms with Gasteiger partial charge in [-0.05, 0) is 25.0 Å². The molecule has 0 aliphatic heterocycles. The lowest BCUT2D eigenvalue weighted by atomic mass is 10.2. The maximum Gasteiger partial charge on any atom is 0.274 e. The first-order valence-corrected chi connectivity index (χ1v) is 8.69. The van der Waals surface area contributed by atoms with Crippen molar-refractivity contribution in [1.29, 1.82) is 5.26 Å². The topological polar surface area (TPSA) is 129 Å². The van der Waals surface area contributed by atoms with E-state index in [1.54, 1.807) is 38.5 Å². The molecule has 4 rings (SSSR count). The van der Waals surface area contributed by atoms with Gasteiger partial charge in [0.15, 0.2) is 5.65 Å². The van der Waals surface area contributed by atoms with Gasteiger partial charge in [0.1, 0.15) is 28.4 Å².